The molecular formula is C19H24N2O3. The van der Waals surface area contributed by atoms with Crippen molar-refractivity contribution in [3.8, 4) is 17.6 Å². The number of hydrogen-bond donors (Lipinski definition) is 2. The van der Waals surface area contributed by atoms with E-state index in [0.29, 0.717) is 17.9 Å². The monoisotopic (exact) mass is 328 g/mol. The molecular weight excluding hydrogens is 304 g/mol. The highest BCUT2D eigenvalue weighted by atomic mass is 16.5. The Labute approximate surface area is 143 Å². The normalized spacial score (nSPS) is 12.2. The molecule has 1 amide bonds. The third-order valence-corrected chi connectivity index (χ3v) is 3.23. The number of nitrogens with two attached hydrogens (primary N) is 1. The zero-order valence-corrected chi connectivity index (χ0v) is 14.6. The maximum absolute atomic E-state index is 12.3. The van der Waals surface area contributed by atoms with E-state index in [-0.39, 0.29) is 11.7 Å². The van der Waals surface area contributed by atoms with Gasteiger partial charge in [0.05, 0.1) is 0 Å². The largest absolute Gasteiger partial charge is 0.490 e. The van der Waals surface area contributed by atoms with Gasteiger partial charge >= 0.3 is 0 Å². The zero-order valence-electron chi connectivity index (χ0n) is 14.6. The molecule has 5 heteroatoms. The molecule has 0 heterocycles. The van der Waals surface area contributed by atoms with Crippen molar-refractivity contribution in [3.05, 3.63) is 42.0 Å². The average molecular weight is 328 g/mol. The second kappa shape index (κ2) is 8.90. The van der Waals surface area contributed by atoms with Crippen molar-refractivity contribution in [2.75, 3.05) is 6.61 Å². The van der Waals surface area contributed by atoms with Gasteiger partial charge in [-0.3, -0.25) is 9.59 Å². The van der Waals surface area contributed by atoms with Crippen molar-refractivity contribution in [1.82, 2.24) is 5.32 Å². The van der Waals surface area contributed by atoms with Crippen LogP contribution in [0.15, 0.2) is 36.4 Å². The Balaban J connectivity index is 2.69. The van der Waals surface area contributed by atoms with Gasteiger partial charge in [0.25, 0.3) is 5.91 Å². The molecule has 0 saturated carbocycles. The lowest BCUT2D eigenvalue weighted by atomic mass is 9.92. The number of amides is 1. The van der Waals surface area contributed by atoms with E-state index < -0.39 is 11.6 Å². The van der Waals surface area contributed by atoms with Crippen molar-refractivity contribution in [2.45, 2.75) is 39.3 Å². The van der Waals surface area contributed by atoms with Gasteiger partial charge < -0.3 is 15.8 Å². The number of carbonyl (C=O) groups excluding carboxylic acids is 2. The molecule has 1 rings (SSSR count). The van der Waals surface area contributed by atoms with Gasteiger partial charge in [-0.05, 0) is 64.1 Å². The summed E-state index contributed by atoms with van der Waals surface area (Å²) in [5.41, 5.74) is 5.55. The van der Waals surface area contributed by atoms with Crippen LogP contribution in [0.4, 0.5) is 0 Å². The van der Waals surface area contributed by atoms with Crippen LogP contribution in [0.5, 0.6) is 5.75 Å². The zero-order chi connectivity index (χ0) is 18.2. The molecule has 0 bridgehead atoms. The second-order valence-corrected chi connectivity index (χ2v) is 5.97. The Kier molecular flexibility index (Phi) is 7.22. The van der Waals surface area contributed by atoms with Crippen molar-refractivity contribution in [2.24, 2.45) is 5.73 Å². The summed E-state index contributed by atoms with van der Waals surface area (Å²) in [6.45, 7) is 6.97. The van der Waals surface area contributed by atoms with Gasteiger partial charge in [-0.2, -0.15) is 0 Å². The number of allylic oxidation sites excluding steroid dienone is 1. The topological polar surface area (TPSA) is 81.4 Å². The van der Waals surface area contributed by atoms with Crippen LogP contribution in [0.25, 0.3) is 0 Å². The van der Waals surface area contributed by atoms with Crippen LogP contribution in [-0.2, 0) is 4.79 Å². The number of Topliss-reactive ketones (excluding diaryl/α,β-unsaturated/α-hetero) is 1. The molecule has 1 aromatic rings. The van der Waals surface area contributed by atoms with Gasteiger partial charge in [0.2, 0.25) is 0 Å². The first-order valence-corrected chi connectivity index (χ1v) is 7.66. The van der Waals surface area contributed by atoms with Crippen LogP contribution in [0.3, 0.4) is 0 Å². The van der Waals surface area contributed by atoms with E-state index >= 15 is 0 Å². The predicted octanol–water partition coefficient (Wildman–Crippen LogP) is 2.07. The van der Waals surface area contributed by atoms with Gasteiger partial charge in [0.15, 0.2) is 5.78 Å². The molecule has 0 spiro atoms. The Morgan fingerprint density at radius 2 is 1.96 bits per heavy atom. The summed E-state index contributed by atoms with van der Waals surface area (Å²) in [5.74, 6) is 5.66. The maximum Gasteiger partial charge on any atom is 0.251 e. The van der Waals surface area contributed by atoms with E-state index in [4.69, 9.17) is 10.5 Å². The van der Waals surface area contributed by atoms with Gasteiger partial charge in [-0.1, -0.05) is 5.92 Å². The minimum Gasteiger partial charge on any atom is -0.490 e. The number of carbonyl (C=O) groups is 2. The van der Waals surface area contributed by atoms with Gasteiger partial charge in [-0.25, -0.2) is 0 Å². The Hall–Kier alpha value is -2.58. The fraction of sp³-hybridized carbons (Fsp3) is 0.368. The summed E-state index contributed by atoms with van der Waals surface area (Å²) in [6.07, 6.45) is 3.52. The van der Waals surface area contributed by atoms with Crippen molar-refractivity contribution in [1.29, 1.82) is 0 Å². The SMILES string of the molecule is CC#C/C=C/COc1ccc(C(=O)NC(C(C)=O)C(C)(C)N)cc1. The van der Waals surface area contributed by atoms with E-state index in [2.05, 4.69) is 17.2 Å². The lowest BCUT2D eigenvalue weighted by Gasteiger charge is -2.29. The number of ether oxygens (including phenoxy) is 1. The maximum atomic E-state index is 12.3. The third-order valence-electron chi connectivity index (χ3n) is 3.23. The number of hydrogen-bond acceptors (Lipinski definition) is 4. The summed E-state index contributed by atoms with van der Waals surface area (Å²) in [5, 5.41) is 2.68. The lowest BCUT2D eigenvalue weighted by Crippen LogP contribution is -2.58. The minimum absolute atomic E-state index is 0.183. The van der Waals surface area contributed by atoms with Crippen LogP contribution in [0.1, 0.15) is 38.1 Å². The van der Waals surface area contributed by atoms with Gasteiger partial charge in [-0.15, -0.1) is 5.92 Å². The van der Waals surface area contributed by atoms with E-state index in [1.54, 1.807) is 57.2 Å². The van der Waals surface area contributed by atoms with Crippen molar-refractivity contribution < 1.29 is 14.3 Å². The molecule has 24 heavy (non-hydrogen) atoms. The fourth-order valence-corrected chi connectivity index (χ4v) is 2.06. The summed E-state index contributed by atoms with van der Waals surface area (Å²) < 4.78 is 5.50. The molecule has 3 N–H and O–H groups in total. The lowest BCUT2D eigenvalue weighted by molar-refractivity contribution is -0.120. The van der Waals surface area contributed by atoms with Crippen LogP contribution in [0.2, 0.25) is 0 Å². The third kappa shape index (κ3) is 6.27. The molecule has 0 radical (unpaired) electrons. The molecule has 5 nitrogen and oxygen atoms in total. The molecule has 1 atom stereocenters. The molecule has 0 aliphatic carbocycles. The predicted molar refractivity (Wildman–Crippen MR) is 94.7 cm³/mol. The molecule has 0 aromatic heterocycles. The van der Waals surface area contributed by atoms with Crippen molar-refractivity contribution >= 4 is 11.7 Å². The smallest absolute Gasteiger partial charge is 0.251 e. The van der Waals surface area contributed by atoms with Crippen LogP contribution >= 0.6 is 0 Å². The standard InChI is InChI=1S/C19H24N2O3/c1-5-6-7-8-13-24-16-11-9-15(10-12-16)18(23)21-17(14(2)22)19(3,4)20/h7-12,17H,13,20H2,1-4H3,(H,21,23)/b8-7+. The van der Waals surface area contributed by atoms with Gasteiger partial charge in [0.1, 0.15) is 18.4 Å². The van der Waals surface area contributed by atoms with Gasteiger partial charge in [0, 0.05) is 11.1 Å². The number of nitrogens with one attached hydrogen (secondary N) is 1. The van der Waals surface area contributed by atoms with E-state index in [9.17, 15) is 9.59 Å². The summed E-state index contributed by atoms with van der Waals surface area (Å²) >= 11 is 0. The minimum atomic E-state index is -0.835. The van der Waals surface area contributed by atoms with E-state index in [1.807, 2.05) is 0 Å². The fourth-order valence-electron chi connectivity index (χ4n) is 2.06. The highest BCUT2D eigenvalue weighted by molar-refractivity contribution is 5.98. The second-order valence-electron chi connectivity index (χ2n) is 5.97. The summed E-state index contributed by atoms with van der Waals surface area (Å²) in [4.78, 5) is 23.9. The molecule has 0 aliphatic heterocycles. The van der Waals surface area contributed by atoms with E-state index in [1.165, 1.54) is 6.92 Å². The Morgan fingerprint density at radius 3 is 2.46 bits per heavy atom. The van der Waals surface area contributed by atoms with Crippen molar-refractivity contribution in [3.63, 3.8) is 0 Å². The molecule has 1 unspecified atom stereocenters. The Bertz CT molecular complexity index is 659. The summed E-state index contributed by atoms with van der Waals surface area (Å²) in [6, 6.07) is 5.93. The van der Waals surface area contributed by atoms with E-state index in [0.717, 1.165) is 0 Å². The highest BCUT2D eigenvalue weighted by Crippen LogP contribution is 2.13. The number of rotatable bonds is 7. The Morgan fingerprint density at radius 1 is 1.33 bits per heavy atom. The first-order chi connectivity index (χ1) is 11.3. The molecule has 0 aliphatic rings. The van der Waals surface area contributed by atoms with Crippen LogP contribution in [0, 0.1) is 11.8 Å². The van der Waals surface area contributed by atoms with Crippen LogP contribution in [-0.4, -0.2) is 29.9 Å². The molecule has 128 valence electrons. The van der Waals surface area contributed by atoms with Crippen LogP contribution < -0.4 is 15.8 Å². The first kappa shape index (κ1) is 19.5. The first-order valence-electron chi connectivity index (χ1n) is 7.66. The number of benzene rings is 1. The highest BCUT2D eigenvalue weighted by Gasteiger charge is 2.30. The number of ketones is 1. The summed E-state index contributed by atoms with van der Waals surface area (Å²) in [7, 11) is 0. The molecule has 0 saturated heterocycles. The molecule has 1 aromatic carbocycles. The average Bonchev–Trinajstić information content (AvgIpc) is 2.51. The quantitative estimate of drug-likeness (QED) is 0.751. The molecule has 0 fully saturated rings.